The molecule has 3 aromatic rings. The summed E-state index contributed by atoms with van der Waals surface area (Å²) in [6.07, 6.45) is 5.93. The molecule has 0 aromatic carbocycles. The van der Waals surface area contributed by atoms with Crippen LogP contribution >= 0.6 is 0 Å². The third-order valence-corrected chi connectivity index (χ3v) is 3.34. The van der Waals surface area contributed by atoms with E-state index in [4.69, 9.17) is 0 Å². The molecule has 8 nitrogen and oxygen atoms in total. The van der Waals surface area contributed by atoms with E-state index in [-0.39, 0.29) is 11.5 Å². The van der Waals surface area contributed by atoms with Crippen molar-refractivity contribution >= 4 is 11.4 Å². The van der Waals surface area contributed by atoms with Crippen molar-refractivity contribution in [2.24, 2.45) is 0 Å². The quantitative estimate of drug-likeness (QED) is 0.662. The van der Waals surface area contributed by atoms with Gasteiger partial charge in [-0.1, -0.05) is 13.8 Å². The number of nitrogens with zero attached hydrogens (tertiary/aromatic N) is 3. The molecule has 1 amide bonds. The van der Waals surface area contributed by atoms with Gasteiger partial charge in [-0.2, -0.15) is 0 Å². The largest absolute Gasteiger partial charge is 0.345 e. The highest BCUT2D eigenvalue weighted by Gasteiger charge is 2.12. The number of amides is 1. The second-order valence-corrected chi connectivity index (χ2v) is 5.28. The zero-order valence-electron chi connectivity index (χ0n) is 12.3. The molecular formula is C14H16N6O2. The molecule has 114 valence electrons. The van der Waals surface area contributed by atoms with E-state index >= 15 is 0 Å². The molecule has 3 aromatic heterocycles. The van der Waals surface area contributed by atoms with Crippen LogP contribution in [-0.4, -0.2) is 30.2 Å². The fourth-order valence-electron chi connectivity index (χ4n) is 2.13. The second-order valence-electron chi connectivity index (χ2n) is 5.28. The predicted octanol–water partition coefficient (Wildman–Crippen LogP) is 0.799. The maximum absolute atomic E-state index is 12.3. The molecular weight excluding hydrogens is 284 g/mol. The molecule has 0 saturated carbocycles. The van der Waals surface area contributed by atoms with Crippen LogP contribution in [0.25, 0.3) is 5.52 Å². The van der Waals surface area contributed by atoms with Crippen molar-refractivity contribution in [3.05, 3.63) is 52.5 Å². The highest BCUT2D eigenvalue weighted by molar-refractivity contribution is 5.92. The summed E-state index contributed by atoms with van der Waals surface area (Å²) in [6, 6.07) is 0. The lowest BCUT2D eigenvalue weighted by molar-refractivity contribution is 0.0943. The maximum atomic E-state index is 12.3. The number of nitrogens with one attached hydrogen (secondary N) is 3. The molecule has 0 aliphatic heterocycles. The van der Waals surface area contributed by atoms with Gasteiger partial charge in [0.25, 0.3) is 11.5 Å². The molecule has 0 aliphatic carbocycles. The smallest absolute Gasteiger partial charge is 0.273 e. The first-order valence-electron chi connectivity index (χ1n) is 6.92. The number of carbonyl (C=O) groups is 1. The molecule has 3 rings (SSSR count). The van der Waals surface area contributed by atoms with Crippen LogP contribution in [0.3, 0.4) is 0 Å². The molecule has 0 spiro atoms. The minimum Gasteiger partial charge on any atom is -0.345 e. The van der Waals surface area contributed by atoms with Gasteiger partial charge in [-0.05, 0) is 0 Å². The maximum Gasteiger partial charge on any atom is 0.273 e. The number of carbonyl (C=O) groups excluding carboxylic acids is 1. The van der Waals surface area contributed by atoms with Crippen molar-refractivity contribution in [2.45, 2.75) is 26.3 Å². The first kappa shape index (κ1) is 14.1. The van der Waals surface area contributed by atoms with Crippen LogP contribution < -0.4 is 10.9 Å². The summed E-state index contributed by atoms with van der Waals surface area (Å²) >= 11 is 0. The summed E-state index contributed by atoms with van der Waals surface area (Å²) in [5, 5.41) is 2.79. The third kappa shape index (κ3) is 2.50. The van der Waals surface area contributed by atoms with Gasteiger partial charge in [-0.3, -0.25) is 14.0 Å². The number of imidazole rings is 2. The zero-order valence-corrected chi connectivity index (χ0v) is 12.3. The van der Waals surface area contributed by atoms with Gasteiger partial charge in [-0.15, -0.1) is 0 Å². The van der Waals surface area contributed by atoms with Crippen LogP contribution in [0, 0.1) is 0 Å². The minimum absolute atomic E-state index is 0.288. The molecule has 0 unspecified atom stereocenters. The Morgan fingerprint density at radius 1 is 1.41 bits per heavy atom. The van der Waals surface area contributed by atoms with Gasteiger partial charge in [0, 0.05) is 12.1 Å². The van der Waals surface area contributed by atoms with Crippen molar-refractivity contribution < 1.29 is 4.79 Å². The minimum atomic E-state index is -0.306. The summed E-state index contributed by atoms with van der Waals surface area (Å²) < 4.78 is 1.46. The van der Waals surface area contributed by atoms with Gasteiger partial charge < -0.3 is 15.3 Å². The molecule has 3 heterocycles. The van der Waals surface area contributed by atoms with E-state index in [0.29, 0.717) is 23.7 Å². The molecule has 0 fully saturated rings. The van der Waals surface area contributed by atoms with Crippen LogP contribution in [0.1, 0.15) is 41.8 Å². The number of fused-ring (bicyclic) bond motifs is 1. The lowest BCUT2D eigenvalue weighted by Crippen LogP contribution is -2.26. The van der Waals surface area contributed by atoms with E-state index in [1.54, 1.807) is 6.20 Å². The first-order valence-corrected chi connectivity index (χ1v) is 6.92. The van der Waals surface area contributed by atoms with Crippen LogP contribution in [-0.2, 0) is 6.54 Å². The number of rotatable bonds is 4. The molecule has 8 heteroatoms. The second kappa shape index (κ2) is 5.47. The van der Waals surface area contributed by atoms with Gasteiger partial charge in [0.1, 0.15) is 23.4 Å². The van der Waals surface area contributed by atoms with Crippen LogP contribution in [0.2, 0.25) is 0 Å². The standard InChI is InChI=1S/C14H16N6O2/c1-8(2)12-16-3-9(19-12)4-17-14(22)11-6-18-13(21)10-5-15-7-20(10)11/h3,5-8H,4H2,1-2H3,(H,16,19)(H,17,22)(H,18,21). The summed E-state index contributed by atoms with van der Waals surface area (Å²) in [7, 11) is 0. The van der Waals surface area contributed by atoms with Gasteiger partial charge in [0.2, 0.25) is 0 Å². The number of hydrogen-bond donors (Lipinski definition) is 3. The zero-order chi connectivity index (χ0) is 15.7. The van der Waals surface area contributed by atoms with E-state index in [0.717, 1.165) is 11.5 Å². The van der Waals surface area contributed by atoms with Crippen molar-refractivity contribution in [3.63, 3.8) is 0 Å². The number of aromatic nitrogens is 5. The number of aromatic amines is 2. The fraction of sp³-hybridized carbons (Fsp3) is 0.286. The Morgan fingerprint density at radius 3 is 2.95 bits per heavy atom. The van der Waals surface area contributed by atoms with Gasteiger partial charge >= 0.3 is 0 Å². The lowest BCUT2D eigenvalue weighted by Gasteiger charge is -2.06. The van der Waals surface area contributed by atoms with E-state index in [1.807, 2.05) is 13.8 Å². The normalized spacial score (nSPS) is 11.2. The van der Waals surface area contributed by atoms with Crippen molar-refractivity contribution in [1.29, 1.82) is 0 Å². The van der Waals surface area contributed by atoms with Crippen LogP contribution in [0.15, 0.2) is 29.7 Å². The Hall–Kier alpha value is -2.90. The van der Waals surface area contributed by atoms with Gasteiger partial charge in [-0.25, -0.2) is 9.97 Å². The molecule has 0 bridgehead atoms. The first-order chi connectivity index (χ1) is 10.6. The molecule has 0 aliphatic rings. The van der Waals surface area contributed by atoms with Gasteiger partial charge in [0.15, 0.2) is 0 Å². The van der Waals surface area contributed by atoms with Gasteiger partial charge in [0.05, 0.1) is 24.6 Å². The fourth-order valence-corrected chi connectivity index (χ4v) is 2.13. The monoisotopic (exact) mass is 300 g/mol. The Bertz CT molecular complexity index is 873. The summed E-state index contributed by atoms with van der Waals surface area (Å²) in [5.41, 5.74) is 1.18. The molecule has 0 atom stereocenters. The summed E-state index contributed by atoms with van der Waals surface area (Å²) in [6.45, 7) is 4.41. The van der Waals surface area contributed by atoms with E-state index < -0.39 is 0 Å². The van der Waals surface area contributed by atoms with Crippen molar-refractivity contribution in [2.75, 3.05) is 0 Å². The number of H-pyrrole nitrogens is 2. The average Bonchev–Trinajstić information content (AvgIpc) is 3.14. The molecule has 0 radical (unpaired) electrons. The molecule has 3 N–H and O–H groups in total. The Balaban J connectivity index is 1.77. The average molecular weight is 300 g/mol. The van der Waals surface area contributed by atoms with E-state index in [2.05, 4.69) is 25.3 Å². The van der Waals surface area contributed by atoms with Crippen molar-refractivity contribution in [3.8, 4) is 0 Å². The number of hydrogen-bond acceptors (Lipinski definition) is 4. The van der Waals surface area contributed by atoms with Crippen LogP contribution in [0.5, 0.6) is 0 Å². The highest BCUT2D eigenvalue weighted by Crippen LogP contribution is 2.09. The Kier molecular flexibility index (Phi) is 3.50. The molecule has 0 saturated heterocycles. The van der Waals surface area contributed by atoms with Crippen LogP contribution in [0.4, 0.5) is 0 Å². The summed E-state index contributed by atoms with van der Waals surface area (Å²) in [5.74, 6) is 0.875. The third-order valence-electron chi connectivity index (χ3n) is 3.34. The van der Waals surface area contributed by atoms with Crippen molar-refractivity contribution in [1.82, 2.24) is 29.7 Å². The molecule has 22 heavy (non-hydrogen) atoms. The lowest BCUT2D eigenvalue weighted by atomic mass is 10.2. The Labute approximate surface area is 125 Å². The SMILES string of the molecule is CC(C)c1ncc(CNC(=O)c2c[nH]c(=O)c3cncn23)[nH]1. The summed E-state index contributed by atoms with van der Waals surface area (Å²) in [4.78, 5) is 37.7. The van der Waals surface area contributed by atoms with E-state index in [1.165, 1.54) is 23.1 Å². The highest BCUT2D eigenvalue weighted by atomic mass is 16.2. The topological polar surface area (TPSA) is 108 Å². The predicted molar refractivity (Wildman–Crippen MR) is 79.7 cm³/mol. The van der Waals surface area contributed by atoms with E-state index in [9.17, 15) is 9.59 Å². The Morgan fingerprint density at radius 2 is 2.23 bits per heavy atom.